The van der Waals surface area contributed by atoms with Gasteiger partial charge in [0.25, 0.3) is 0 Å². The van der Waals surface area contributed by atoms with E-state index in [2.05, 4.69) is 4.85 Å². The number of hydrogen-bond acceptors (Lipinski definition) is 2. The Morgan fingerprint density at radius 3 is 2.73 bits per heavy atom. The summed E-state index contributed by atoms with van der Waals surface area (Å²) in [6.07, 6.45) is 1.49. The van der Waals surface area contributed by atoms with Gasteiger partial charge in [0.15, 0.2) is 0 Å². The minimum Gasteiger partial charge on any atom is -0.444 e. The Bertz CT molecular complexity index is 275. The molecule has 0 bridgehead atoms. The quantitative estimate of drug-likeness (QED) is 0.575. The van der Waals surface area contributed by atoms with Crippen LogP contribution in [0.2, 0.25) is 0 Å². The van der Waals surface area contributed by atoms with E-state index in [0.29, 0.717) is 13.1 Å². The van der Waals surface area contributed by atoms with Crippen molar-refractivity contribution in [3.63, 3.8) is 0 Å². The lowest BCUT2D eigenvalue weighted by atomic mass is 10.1. The molecule has 1 heterocycles. The summed E-state index contributed by atoms with van der Waals surface area (Å²) in [5.74, 6) is 0. The van der Waals surface area contributed by atoms with Gasteiger partial charge in [-0.15, -0.1) is 0 Å². The number of likely N-dealkylation sites (tertiary alicyclic amines) is 1. The van der Waals surface area contributed by atoms with Gasteiger partial charge in [-0.25, -0.2) is 11.4 Å². The van der Waals surface area contributed by atoms with E-state index in [1.165, 1.54) is 0 Å². The molecule has 0 spiro atoms. The van der Waals surface area contributed by atoms with E-state index in [1.54, 1.807) is 4.90 Å². The van der Waals surface area contributed by atoms with Crippen molar-refractivity contribution in [2.45, 2.75) is 45.3 Å². The maximum atomic E-state index is 11.7. The predicted octanol–water partition coefficient (Wildman–Crippen LogP) is 2.31. The third kappa shape index (κ3) is 3.78. The number of carbonyl (C=O) groups is 1. The van der Waals surface area contributed by atoms with Crippen molar-refractivity contribution in [2.75, 3.05) is 13.1 Å². The van der Waals surface area contributed by atoms with Crippen molar-refractivity contribution in [3.05, 3.63) is 11.4 Å². The Morgan fingerprint density at radius 1 is 1.53 bits per heavy atom. The second-order valence-electron chi connectivity index (χ2n) is 4.85. The van der Waals surface area contributed by atoms with Crippen LogP contribution in [0.4, 0.5) is 4.79 Å². The van der Waals surface area contributed by atoms with Crippen molar-refractivity contribution < 1.29 is 9.53 Å². The molecule has 1 rings (SSSR count). The molecule has 15 heavy (non-hydrogen) atoms. The number of piperidine rings is 1. The van der Waals surface area contributed by atoms with Crippen LogP contribution in [0.1, 0.15) is 33.6 Å². The maximum Gasteiger partial charge on any atom is 0.410 e. The lowest BCUT2D eigenvalue weighted by molar-refractivity contribution is 0.0210. The van der Waals surface area contributed by atoms with Gasteiger partial charge in [-0.2, -0.15) is 0 Å². The first-order valence-corrected chi connectivity index (χ1v) is 5.27. The van der Waals surface area contributed by atoms with Crippen molar-refractivity contribution in [3.8, 4) is 0 Å². The van der Waals surface area contributed by atoms with Crippen LogP contribution in [0, 0.1) is 6.57 Å². The second kappa shape index (κ2) is 4.52. The average Bonchev–Trinajstić information content (AvgIpc) is 2.15. The van der Waals surface area contributed by atoms with E-state index in [9.17, 15) is 4.79 Å². The summed E-state index contributed by atoms with van der Waals surface area (Å²) in [5.41, 5.74) is -0.456. The van der Waals surface area contributed by atoms with Crippen LogP contribution in [-0.2, 0) is 4.74 Å². The standard InChI is InChI=1S/C11H18N2O2/c1-11(2,3)15-10(14)13-7-5-6-9(8-13)12-4/h9H,5-8H2,1-3H3/t9-/m0/s1. The first-order valence-electron chi connectivity index (χ1n) is 5.27. The molecule has 0 aromatic rings. The molecular formula is C11H18N2O2. The van der Waals surface area contributed by atoms with E-state index >= 15 is 0 Å². The Kier molecular flexibility index (Phi) is 3.57. The molecule has 0 radical (unpaired) electrons. The van der Waals surface area contributed by atoms with E-state index in [0.717, 1.165) is 12.8 Å². The molecule has 1 saturated heterocycles. The van der Waals surface area contributed by atoms with E-state index in [-0.39, 0.29) is 12.1 Å². The Labute approximate surface area is 91.0 Å². The van der Waals surface area contributed by atoms with Crippen LogP contribution in [0.5, 0.6) is 0 Å². The summed E-state index contributed by atoms with van der Waals surface area (Å²) < 4.78 is 5.25. The molecule has 84 valence electrons. The third-order valence-electron chi connectivity index (χ3n) is 2.23. The first kappa shape index (κ1) is 11.8. The molecule has 1 aliphatic heterocycles. The summed E-state index contributed by atoms with van der Waals surface area (Å²) in [5, 5.41) is 0. The highest BCUT2D eigenvalue weighted by atomic mass is 16.6. The molecule has 0 N–H and O–H groups in total. The molecule has 1 atom stereocenters. The minimum absolute atomic E-state index is 0.0498. The zero-order valence-corrected chi connectivity index (χ0v) is 9.62. The smallest absolute Gasteiger partial charge is 0.410 e. The monoisotopic (exact) mass is 210 g/mol. The van der Waals surface area contributed by atoms with Crippen LogP contribution in [0.25, 0.3) is 4.85 Å². The summed E-state index contributed by atoms with van der Waals surface area (Å²) in [6.45, 7) is 13.7. The summed E-state index contributed by atoms with van der Waals surface area (Å²) in [7, 11) is 0. The second-order valence-corrected chi connectivity index (χ2v) is 4.85. The van der Waals surface area contributed by atoms with E-state index in [1.807, 2.05) is 20.8 Å². The Hall–Kier alpha value is -1.24. The van der Waals surface area contributed by atoms with E-state index in [4.69, 9.17) is 11.3 Å². The summed E-state index contributed by atoms with van der Waals surface area (Å²) in [6, 6.07) is -0.0498. The maximum absolute atomic E-state index is 11.7. The lowest BCUT2D eigenvalue weighted by Gasteiger charge is -2.30. The van der Waals surface area contributed by atoms with Crippen LogP contribution < -0.4 is 0 Å². The van der Waals surface area contributed by atoms with Gasteiger partial charge >= 0.3 is 6.09 Å². The fraction of sp³-hybridized carbons (Fsp3) is 0.818. The summed E-state index contributed by atoms with van der Waals surface area (Å²) >= 11 is 0. The minimum atomic E-state index is -0.456. The first-order chi connectivity index (χ1) is 6.92. The highest BCUT2D eigenvalue weighted by Crippen LogP contribution is 2.16. The topological polar surface area (TPSA) is 33.9 Å². The zero-order valence-electron chi connectivity index (χ0n) is 9.62. The Morgan fingerprint density at radius 2 is 2.20 bits per heavy atom. The number of carbonyl (C=O) groups excluding carboxylic acids is 1. The number of rotatable bonds is 0. The zero-order chi connectivity index (χ0) is 11.5. The number of ether oxygens (including phenoxy) is 1. The van der Waals surface area contributed by atoms with Crippen LogP contribution in [0.15, 0.2) is 0 Å². The largest absolute Gasteiger partial charge is 0.444 e. The lowest BCUT2D eigenvalue weighted by Crippen LogP contribution is -2.43. The molecule has 0 aromatic heterocycles. The van der Waals surface area contributed by atoms with Crippen LogP contribution in [0.3, 0.4) is 0 Å². The Balaban J connectivity index is 2.50. The molecule has 1 fully saturated rings. The van der Waals surface area contributed by atoms with Crippen molar-refractivity contribution in [1.82, 2.24) is 4.90 Å². The molecule has 4 nitrogen and oxygen atoms in total. The number of hydrogen-bond donors (Lipinski definition) is 0. The van der Waals surface area contributed by atoms with Crippen LogP contribution >= 0.6 is 0 Å². The van der Waals surface area contributed by atoms with E-state index < -0.39 is 5.60 Å². The number of nitrogens with zero attached hydrogens (tertiary/aromatic N) is 2. The van der Waals surface area contributed by atoms with Crippen LogP contribution in [-0.4, -0.2) is 35.7 Å². The highest BCUT2D eigenvalue weighted by Gasteiger charge is 2.29. The number of amides is 1. The average molecular weight is 210 g/mol. The highest BCUT2D eigenvalue weighted by molar-refractivity contribution is 5.68. The molecular weight excluding hydrogens is 192 g/mol. The van der Waals surface area contributed by atoms with Gasteiger partial charge in [-0.05, 0) is 27.2 Å². The van der Waals surface area contributed by atoms with Gasteiger partial charge in [-0.3, -0.25) is 0 Å². The molecule has 0 unspecified atom stereocenters. The van der Waals surface area contributed by atoms with Gasteiger partial charge < -0.3 is 14.5 Å². The fourth-order valence-electron chi connectivity index (χ4n) is 1.55. The van der Waals surface area contributed by atoms with Gasteiger partial charge in [0.2, 0.25) is 6.04 Å². The van der Waals surface area contributed by atoms with Gasteiger partial charge in [0.1, 0.15) is 5.60 Å². The van der Waals surface area contributed by atoms with Crippen molar-refractivity contribution in [1.29, 1.82) is 0 Å². The normalized spacial score (nSPS) is 22.0. The molecule has 4 heteroatoms. The molecule has 0 aromatic carbocycles. The summed E-state index contributed by atoms with van der Waals surface area (Å²) in [4.78, 5) is 16.8. The molecule has 0 aliphatic carbocycles. The SMILES string of the molecule is [C-]#[N+][C@H]1CCCN(C(=O)OC(C)(C)C)C1. The fourth-order valence-corrected chi connectivity index (χ4v) is 1.55. The predicted molar refractivity (Wildman–Crippen MR) is 57.4 cm³/mol. The van der Waals surface area contributed by atoms with Gasteiger partial charge in [-0.1, -0.05) is 0 Å². The molecule has 0 saturated carbocycles. The third-order valence-corrected chi connectivity index (χ3v) is 2.23. The van der Waals surface area contributed by atoms with Gasteiger partial charge in [0.05, 0.1) is 6.54 Å². The van der Waals surface area contributed by atoms with Crippen molar-refractivity contribution >= 4 is 6.09 Å². The van der Waals surface area contributed by atoms with Gasteiger partial charge in [0, 0.05) is 13.0 Å². The molecule has 1 amide bonds. The molecule has 1 aliphatic rings. The van der Waals surface area contributed by atoms with Crippen molar-refractivity contribution in [2.24, 2.45) is 0 Å².